The third-order valence-corrected chi connectivity index (χ3v) is 2.19. The molecule has 0 saturated carbocycles. The van der Waals surface area contributed by atoms with Gasteiger partial charge in [0, 0.05) is 6.04 Å². The van der Waals surface area contributed by atoms with Gasteiger partial charge in [0.25, 0.3) is 6.43 Å². The highest BCUT2D eigenvalue weighted by Crippen LogP contribution is 2.19. The maximum absolute atomic E-state index is 12.1. The zero-order chi connectivity index (χ0) is 9.94. The first-order valence-electron chi connectivity index (χ1n) is 4.29. The lowest BCUT2D eigenvalue weighted by Gasteiger charge is -2.30. The van der Waals surface area contributed by atoms with E-state index < -0.39 is 12.5 Å². The summed E-state index contributed by atoms with van der Waals surface area (Å²) in [5.41, 5.74) is 0.0309. The summed E-state index contributed by atoms with van der Waals surface area (Å²) in [6.07, 6.45) is -2.28. The van der Waals surface area contributed by atoms with Crippen molar-refractivity contribution in [1.29, 1.82) is 0 Å². The fraction of sp³-hybridized carbons (Fsp3) is 1.00. The molecule has 0 aromatic heterocycles. The van der Waals surface area contributed by atoms with Gasteiger partial charge in [-0.05, 0) is 19.3 Å². The van der Waals surface area contributed by atoms with Gasteiger partial charge in [-0.3, -0.25) is 0 Å². The van der Waals surface area contributed by atoms with E-state index in [1.807, 2.05) is 27.7 Å². The Labute approximate surface area is 73.5 Å². The van der Waals surface area contributed by atoms with E-state index in [1.165, 1.54) is 6.92 Å². The van der Waals surface area contributed by atoms with Gasteiger partial charge >= 0.3 is 0 Å². The van der Waals surface area contributed by atoms with Gasteiger partial charge in [0.1, 0.15) is 0 Å². The highest BCUT2D eigenvalue weighted by Gasteiger charge is 2.24. The minimum Gasteiger partial charge on any atom is -0.306 e. The van der Waals surface area contributed by atoms with Crippen molar-refractivity contribution >= 4 is 0 Å². The lowest BCUT2D eigenvalue weighted by Crippen LogP contribution is -2.45. The van der Waals surface area contributed by atoms with Crippen molar-refractivity contribution < 1.29 is 8.78 Å². The van der Waals surface area contributed by atoms with Gasteiger partial charge in [-0.2, -0.15) is 0 Å². The van der Waals surface area contributed by atoms with Crippen LogP contribution in [0.25, 0.3) is 0 Å². The van der Waals surface area contributed by atoms with Gasteiger partial charge in [-0.1, -0.05) is 20.8 Å². The first-order chi connectivity index (χ1) is 5.25. The molecule has 1 N–H and O–H groups in total. The van der Waals surface area contributed by atoms with Crippen molar-refractivity contribution in [2.24, 2.45) is 5.41 Å². The van der Waals surface area contributed by atoms with Crippen LogP contribution in [0.3, 0.4) is 0 Å². The van der Waals surface area contributed by atoms with E-state index in [0.717, 1.165) is 0 Å². The summed E-state index contributed by atoms with van der Waals surface area (Å²) in [4.78, 5) is 0. The zero-order valence-electron chi connectivity index (χ0n) is 8.49. The van der Waals surface area contributed by atoms with Crippen LogP contribution < -0.4 is 5.32 Å². The summed E-state index contributed by atoms with van der Waals surface area (Å²) in [6, 6.07) is -0.624. The fourth-order valence-corrected chi connectivity index (χ4v) is 0.717. The largest absolute Gasteiger partial charge is 0.306 e. The van der Waals surface area contributed by atoms with Crippen LogP contribution in [0.2, 0.25) is 0 Å². The van der Waals surface area contributed by atoms with Gasteiger partial charge in [0.2, 0.25) is 0 Å². The van der Waals surface area contributed by atoms with Gasteiger partial charge in [-0.25, -0.2) is 8.78 Å². The molecule has 0 amide bonds. The molecule has 2 atom stereocenters. The normalized spacial score (nSPS) is 18.0. The Bertz CT molecular complexity index is 129. The molecule has 74 valence electrons. The zero-order valence-corrected chi connectivity index (χ0v) is 8.49. The smallest absolute Gasteiger partial charge is 0.253 e. The monoisotopic (exact) mass is 179 g/mol. The second-order valence-electron chi connectivity index (χ2n) is 4.38. The number of nitrogens with one attached hydrogen (secondary N) is 1. The van der Waals surface area contributed by atoms with E-state index in [1.54, 1.807) is 0 Å². The van der Waals surface area contributed by atoms with Crippen LogP contribution in [0.15, 0.2) is 0 Å². The molecule has 1 nitrogen and oxygen atoms in total. The molecular formula is C9H19F2N. The predicted molar refractivity (Wildman–Crippen MR) is 47.5 cm³/mol. The maximum Gasteiger partial charge on any atom is 0.253 e. The third-order valence-electron chi connectivity index (χ3n) is 2.19. The molecule has 3 heteroatoms. The summed E-state index contributed by atoms with van der Waals surface area (Å²) in [6.45, 7) is 9.53. The molecular weight excluding hydrogens is 160 g/mol. The number of halogens is 2. The van der Waals surface area contributed by atoms with Gasteiger partial charge < -0.3 is 5.32 Å². The number of alkyl halides is 2. The quantitative estimate of drug-likeness (QED) is 0.702. The molecule has 0 aromatic rings. The van der Waals surface area contributed by atoms with Crippen molar-refractivity contribution in [2.75, 3.05) is 0 Å². The molecule has 0 radical (unpaired) electrons. The highest BCUT2D eigenvalue weighted by molar-refractivity contribution is 4.79. The molecule has 0 aromatic carbocycles. The molecule has 0 aliphatic carbocycles. The molecule has 0 heterocycles. The maximum atomic E-state index is 12.1. The molecule has 0 rings (SSSR count). The van der Waals surface area contributed by atoms with Gasteiger partial charge in [0.15, 0.2) is 0 Å². The van der Waals surface area contributed by atoms with Crippen molar-refractivity contribution in [1.82, 2.24) is 5.32 Å². The lowest BCUT2D eigenvalue weighted by molar-refractivity contribution is 0.0903. The Kier molecular flexibility index (Phi) is 4.11. The van der Waals surface area contributed by atoms with Crippen LogP contribution in [-0.2, 0) is 0 Å². The van der Waals surface area contributed by atoms with E-state index in [4.69, 9.17) is 0 Å². The van der Waals surface area contributed by atoms with E-state index >= 15 is 0 Å². The average molecular weight is 179 g/mol. The number of hydrogen-bond donors (Lipinski definition) is 1. The minimum absolute atomic E-state index is 0.0309. The van der Waals surface area contributed by atoms with Crippen LogP contribution in [0.4, 0.5) is 8.78 Å². The summed E-state index contributed by atoms with van der Waals surface area (Å²) in [5.74, 6) is 0. The fourth-order valence-electron chi connectivity index (χ4n) is 0.717. The summed E-state index contributed by atoms with van der Waals surface area (Å²) < 4.78 is 24.2. The Morgan fingerprint density at radius 2 is 1.50 bits per heavy atom. The first kappa shape index (κ1) is 11.8. The Balaban J connectivity index is 3.93. The van der Waals surface area contributed by atoms with E-state index in [2.05, 4.69) is 5.32 Å². The van der Waals surface area contributed by atoms with Crippen LogP contribution in [0.1, 0.15) is 34.6 Å². The third kappa shape index (κ3) is 4.00. The molecule has 2 unspecified atom stereocenters. The second-order valence-corrected chi connectivity index (χ2v) is 4.38. The summed E-state index contributed by atoms with van der Waals surface area (Å²) in [5, 5.41) is 2.87. The molecule has 0 fully saturated rings. The topological polar surface area (TPSA) is 12.0 Å². The standard InChI is InChI=1S/C9H19F2N/c1-6(8(10)11)12-7(2)9(3,4)5/h6-8,12H,1-5H3. The molecule has 0 bridgehead atoms. The van der Waals surface area contributed by atoms with Crippen LogP contribution >= 0.6 is 0 Å². The second kappa shape index (κ2) is 4.17. The highest BCUT2D eigenvalue weighted by atomic mass is 19.3. The molecule has 0 saturated heterocycles. The van der Waals surface area contributed by atoms with Crippen LogP contribution in [-0.4, -0.2) is 18.5 Å². The van der Waals surface area contributed by atoms with Gasteiger partial charge in [-0.15, -0.1) is 0 Å². The lowest BCUT2D eigenvalue weighted by atomic mass is 9.87. The minimum atomic E-state index is -2.28. The van der Waals surface area contributed by atoms with Crippen LogP contribution in [0, 0.1) is 5.41 Å². The SMILES string of the molecule is CC(NC(C)C(C)(C)C)C(F)F. The molecule has 0 spiro atoms. The summed E-state index contributed by atoms with van der Waals surface area (Å²) >= 11 is 0. The molecule has 12 heavy (non-hydrogen) atoms. The van der Waals surface area contributed by atoms with Crippen molar-refractivity contribution in [3.05, 3.63) is 0 Å². The first-order valence-corrected chi connectivity index (χ1v) is 4.29. The Hall–Kier alpha value is -0.180. The average Bonchev–Trinajstić information content (AvgIpc) is 1.85. The van der Waals surface area contributed by atoms with Crippen molar-refractivity contribution in [3.63, 3.8) is 0 Å². The van der Waals surface area contributed by atoms with E-state index in [-0.39, 0.29) is 11.5 Å². The number of hydrogen-bond acceptors (Lipinski definition) is 1. The predicted octanol–water partition coefficient (Wildman–Crippen LogP) is 2.66. The Morgan fingerprint density at radius 1 is 1.08 bits per heavy atom. The molecule has 0 aliphatic heterocycles. The van der Waals surface area contributed by atoms with Gasteiger partial charge in [0.05, 0.1) is 6.04 Å². The van der Waals surface area contributed by atoms with Crippen LogP contribution in [0.5, 0.6) is 0 Å². The molecule has 0 aliphatic rings. The Morgan fingerprint density at radius 3 is 1.75 bits per heavy atom. The number of rotatable bonds is 3. The van der Waals surface area contributed by atoms with Crippen molar-refractivity contribution in [3.8, 4) is 0 Å². The summed E-state index contributed by atoms with van der Waals surface area (Å²) in [7, 11) is 0. The van der Waals surface area contributed by atoms with E-state index in [0.29, 0.717) is 0 Å². The van der Waals surface area contributed by atoms with Crippen molar-refractivity contribution in [2.45, 2.75) is 53.1 Å². The van der Waals surface area contributed by atoms with E-state index in [9.17, 15) is 8.78 Å².